The van der Waals surface area contributed by atoms with Gasteiger partial charge in [-0.2, -0.15) is 11.8 Å². The molecule has 0 saturated carbocycles. The number of piperidine rings is 1. The highest BCUT2D eigenvalue weighted by atomic mass is 32.2. The molecule has 3 N–H and O–H groups in total. The Bertz CT molecular complexity index is 1460. The molecule has 1 aliphatic carbocycles. The van der Waals surface area contributed by atoms with Crippen molar-refractivity contribution in [3.05, 3.63) is 45.6 Å². The van der Waals surface area contributed by atoms with Gasteiger partial charge >= 0.3 is 5.97 Å². The first-order valence-electron chi connectivity index (χ1n) is 14.7. The summed E-state index contributed by atoms with van der Waals surface area (Å²) in [4.78, 5) is 52.8. The summed E-state index contributed by atoms with van der Waals surface area (Å²) in [6.07, 6.45) is 4.35. The Balaban J connectivity index is 1.80. The Morgan fingerprint density at radius 1 is 1.05 bits per heavy atom. The predicted octanol–water partition coefficient (Wildman–Crippen LogP) is 3.72. The van der Waals surface area contributed by atoms with Crippen molar-refractivity contribution in [3.63, 3.8) is 0 Å². The van der Waals surface area contributed by atoms with Gasteiger partial charge in [-0.25, -0.2) is 0 Å². The molecule has 0 aromatic heterocycles. The van der Waals surface area contributed by atoms with Gasteiger partial charge in [-0.1, -0.05) is 6.07 Å². The first-order chi connectivity index (χ1) is 21.1. The molecule has 4 rings (SSSR count). The lowest BCUT2D eigenvalue weighted by Gasteiger charge is -2.33. The van der Waals surface area contributed by atoms with E-state index >= 15 is 0 Å². The Kier molecular flexibility index (Phi) is 11.0. The number of fused-ring (bicyclic) bond motifs is 3. The summed E-state index contributed by atoms with van der Waals surface area (Å²) in [7, 11) is 4.63. The van der Waals surface area contributed by atoms with E-state index in [1.165, 1.54) is 20.1 Å². The second-order valence-corrected chi connectivity index (χ2v) is 12.0. The Morgan fingerprint density at radius 3 is 2.34 bits per heavy atom. The fraction of sp³-hybridized carbons (Fsp3) is 0.500. The van der Waals surface area contributed by atoms with E-state index in [0.717, 1.165) is 11.1 Å². The molecule has 2 aliphatic rings. The van der Waals surface area contributed by atoms with Crippen molar-refractivity contribution in [1.29, 1.82) is 0 Å². The Labute approximate surface area is 261 Å². The molecule has 11 nitrogen and oxygen atoms in total. The molecule has 2 atom stereocenters. The number of thioether (sulfide) groups is 1. The second-order valence-electron chi connectivity index (χ2n) is 11.0. The van der Waals surface area contributed by atoms with Crippen LogP contribution in [0.5, 0.6) is 17.2 Å². The predicted molar refractivity (Wildman–Crippen MR) is 170 cm³/mol. The van der Waals surface area contributed by atoms with Crippen molar-refractivity contribution in [3.8, 4) is 28.4 Å². The molecular formula is C32H41N3O8S. The molecule has 2 amide bonds. The van der Waals surface area contributed by atoms with Crippen LogP contribution in [0.2, 0.25) is 0 Å². The summed E-state index contributed by atoms with van der Waals surface area (Å²) in [6.45, 7) is 2.16. The van der Waals surface area contributed by atoms with Gasteiger partial charge in [-0.05, 0) is 79.0 Å². The first-order valence-corrected chi connectivity index (χ1v) is 16.1. The minimum atomic E-state index is -0.839. The van der Waals surface area contributed by atoms with Crippen LogP contribution in [0.1, 0.15) is 49.8 Å². The van der Waals surface area contributed by atoms with Gasteiger partial charge in [0, 0.05) is 25.6 Å². The lowest BCUT2D eigenvalue weighted by atomic mass is 9.95. The van der Waals surface area contributed by atoms with Gasteiger partial charge in [-0.15, -0.1) is 0 Å². The number of methoxy groups -OCH3 is 3. The van der Waals surface area contributed by atoms with Crippen molar-refractivity contribution in [2.24, 2.45) is 5.92 Å². The highest BCUT2D eigenvalue weighted by Gasteiger charge is 2.32. The van der Waals surface area contributed by atoms with Crippen LogP contribution in [-0.4, -0.2) is 80.3 Å². The van der Waals surface area contributed by atoms with Gasteiger partial charge < -0.3 is 34.9 Å². The maximum atomic E-state index is 13.8. The van der Waals surface area contributed by atoms with Crippen molar-refractivity contribution in [2.75, 3.05) is 51.7 Å². The standard InChI is InChI=1S/C32H41N3O8S/c1-18(36)33-23-8-6-20-16-27(41-2)29(42-3)30(43-4)28(20)21-7-9-24(26(37)17-22(21)23)34-25(12-15-44-5)31(38)35-13-10-19(11-14-35)32(39)40/h7,9,16-17,19,23,25H,6,8,10-15H2,1-5H3,(H,33,36)(H,34,37)(H,39,40)/t23-,25-/m0/s1. The number of hydrogen-bond donors (Lipinski definition) is 3. The number of carboxylic acids is 1. The molecule has 2 aromatic carbocycles. The van der Waals surface area contributed by atoms with Crippen molar-refractivity contribution >= 4 is 35.2 Å². The molecule has 2 aromatic rings. The summed E-state index contributed by atoms with van der Waals surface area (Å²) in [5.74, 6) is 0.400. The molecule has 0 bridgehead atoms. The van der Waals surface area contributed by atoms with Crippen LogP contribution in [-0.2, 0) is 20.8 Å². The van der Waals surface area contributed by atoms with Crippen LogP contribution >= 0.6 is 11.8 Å². The normalized spacial score (nSPS) is 16.9. The lowest BCUT2D eigenvalue weighted by Crippen LogP contribution is -2.47. The van der Waals surface area contributed by atoms with Crippen molar-refractivity contribution < 1.29 is 33.7 Å². The van der Waals surface area contributed by atoms with Gasteiger partial charge in [0.25, 0.3) is 0 Å². The van der Waals surface area contributed by atoms with E-state index in [9.17, 15) is 24.3 Å². The zero-order valence-corrected chi connectivity index (χ0v) is 26.7. The number of aliphatic carboxylic acids is 1. The fourth-order valence-electron chi connectivity index (χ4n) is 6.07. The van der Waals surface area contributed by atoms with E-state index in [-0.39, 0.29) is 22.9 Å². The third-order valence-electron chi connectivity index (χ3n) is 8.31. The number of nitrogens with one attached hydrogen (secondary N) is 2. The molecule has 44 heavy (non-hydrogen) atoms. The molecule has 1 fully saturated rings. The maximum absolute atomic E-state index is 13.8. The highest BCUT2D eigenvalue weighted by Crippen LogP contribution is 2.50. The molecule has 0 radical (unpaired) electrons. The number of nitrogens with zero attached hydrogens (tertiary/aromatic N) is 1. The Hall–Kier alpha value is -3.93. The minimum absolute atomic E-state index is 0.157. The van der Waals surface area contributed by atoms with Crippen LogP contribution in [0, 0.1) is 5.92 Å². The van der Waals surface area contributed by atoms with Crippen LogP contribution < -0.4 is 30.3 Å². The minimum Gasteiger partial charge on any atom is -0.493 e. The van der Waals surface area contributed by atoms with Crippen molar-refractivity contribution in [1.82, 2.24) is 10.2 Å². The van der Waals surface area contributed by atoms with Gasteiger partial charge in [0.05, 0.1) is 39.0 Å². The number of ether oxygens (including phenoxy) is 3. The molecule has 12 heteroatoms. The summed E-state index contributed by atoms with van der Waals surface area (Å²) in [6, 6.07) is 5.79. The molecular weight excluding hydrogens is 586 g/mol. The number of carbonyl (C=O) groups excluding carboxylic acids is 2. The number of hydrogen-bond acceptors (Lipinski definition) is 9. The topological polar surface area (TPSA) is 144 Å². The largest absolute Gasteiger partial charge is 0.493 e. The summed E-state index contributed by atoms with van der Waals surface area (Å²) >= 11 is 1.60. The van der Waals surface area contributed by atoms with Gasteiger partial charge in [0.1, 0.15) is 6.04 Å². The summed E-state index contributed by atoms with van der Waals surface area (Å²) < 4.78 is 17.1. The number of rotatable bonds is 11. The number of likely N-dealkylation sites (tertiary alicyclic amines) is 1. The zero-order valence-electron chi connectivity index (χ0n) is 25.9. The average molecular weight is 628 g/mol. The van der Waals surface area contributed by atoms with E-state index in [4.69, 9.17) is 14.2 Å². The average Bonchev–Trinajstić information content (AvgIpc) is 3.26. The van der Waals surface area contributed by atoms with Crippen LogP contribution in [0.25, 0.3) is 11.1 Å². The van der Waals surface area contributed by atoms with E-state index in [1.54, 1.807) is 36.9 Å². The molecule has 1 aliphatic heterocycles. The second kappa shape index (κ2) is 14.7. The molecule has 1 saturated heterocycles. The van der Waals surface area contributed by atoms with E-state index in [0.29, 0.717) is 79.3 Å². The van der Waals surface area contributed by atoms with E-state index in [1.807, 2.05) is 18.4 Å². The fourth-order valence-corrected chi connectivity index (χ4v) is 6.55. The molecule has 0 spiro atoms. The summed E-state index contributed by atoms with van der Waals surface area (Å²) in [5, 5.41) is 15.6. The quantitative estimate of drug-likeness (QED) is 0.337. The number of anilines is 1. The third-order valence-corrected chi connectivity index (χ3v) is 8.95. The van der Waals surface area contributed by atoms with Crippen LogP contribution in [0.4, 0.5) is 5.69 Å². The number of carbonyl (C=O) groups is 3. The monoisotopic (exact) mass is 627 g/mol. The molecule has 1 heterocycles. The summed E-state index contributed by atoms with van der Waals surface area (Å²) in [5.41, 5.74) is 2.91. The van der Waals surface area contributed by atoms with Gasteiger partial charge in [0.2, 0.25) is 23.0 Å². The van der Waals surface area contributed by atoms with E-state index in [2.05, 4.69) is 10.6 Å². The third kappa shape index (κ3) is 7.06. The number of benzene rings is 1. The van der Waals surface area contributed by atoms with E-state index < -0.39 is 24.0 Å². The molecule has 0 unspecified atom stereocenters. The smallest absolute Gasteiger partial charge is 0.306 e. The lowest BCUT2D eigenvalue weighted by molar-refractivity contribution is -0.145. The number of aryl methyl sites for hydroxylation is 1. The maximum Gasteiger partial charge on any atom is 0.306 e. The highest BCUT2D eigenvalue weighted by molar-refractivity contribution is 7.98. The van der Waals surface area contributed by atoms with Crippen molar-refractivity contribution in [2.45, 2.75) is 51.1 Å². The van der Waals surface area contributed by atoms with Gasteiger partial charge in [-0.3, -0.25) is 19.2 Å². The zero-order chi connectivity index (χ0) is 32.0. The SMILES string of the molecule is COc1cc2c(c(OC)c1OC)-c1ccc(N[C@@H](CCSC)C(=O)N3CCC(C(=O)O)CC3)c(=O)cc1[C@@H](NC(C)=O)CC2. The number of amides is 2. The van der Waals surface area contributed by atoms with Crippen LogP contribution in [0.15, 0.2) is 29.1 Å². The first kappa shape index (κ1) is 33.0. The number of carboxylic acid groups (broad SMARTS) is 1. The van der Waals surface area contributed by atoms with Crippen LogP contribution in [0.3, 0.4) is 0 Å². The Morgan fingerprint density at radius 2 is 1.75 bits per heavy atom. The molecule has 238 valence electrons. The van der Waals surface area contributed by atoms with Gasteiger partial charge in [0.15, 0.2) is 11.5 Å².